The summed E-state index contributed by atoms with van der Waals surface area (Å²) in [6.45, 7) is 0.0569. The van der Waals surface area contributed by atoms with Gasteiger partial charge in [0, 0.05) is 41.0 Å². The number of benzene rings is 2. The van der Waals surface area contributed by atoms with Crippen molar-refractivity contribution in [1.82, 2.24) is 10.2 Å². The normalized spacial score (nSPS) is 25.1. The lowest BCUT2D eigenvalue weighted by atomic mass is 9.98. The van der Waals surface area contributed by atoms with Crippen LogP contribution in [0.5, 0.6) is 5.75 Å². The van der Waals surface area contributed by atoms with Crippen LogP contribution in [0, 0.1) is 0 Å². The van der Waals surface area contributed by atoms with E-state index in [-0.39, 0.29) is 12.5 Å². The molecule has 4 rings (SSSR count). The Balaban J connectivity index is 1.43. The largest absolute Gasteiger partial charge is 0.483 e. The lowest BCUT2D eigenvalue weighted by Crippen LogP contribution is -2.49. The molecule has 2 aromatic carbocycles. The van der Waals surface area contributed by atoms with E-state index in [1.54, 1.807) is 0 Å². The van der Waals surface area contributed by atoms with Crippen molar-refractivity contribution in [2.75, 3.05) is 13.7 Å². The molecule has 2 aliphatic heterocycles. The molecule has 1 amide bonds. The summed E-state index contributed by atoms with van der Waals surface area (Å²) < 4.78 is 5.85. The predicted octanol–water partition coefficient (Wildman–Crippen LogP) is 3.61. The third-order valence-electron chi connectivity index (χ3n) is 5.57. The first-order valence-electron chi connectivity index (χ1n) is 8.93. The van der Waals surface area contributed by atoms with E-state index < -0.39 is 0 Å². The molecule has 0 aromatic heterocycles. The second kappa shape index (κ2) is 6.85. The Bertz CT molecular complexity index is 782. The average Bonchev–Trinajstić information content (AvgIpc) is 2.98. The zero-order valence-corrected chi connectivity index (χ0v) is 15.1. The van der Waals surface area contributed by atoms with Crippen LogP contribution in [0.4, 0.5) is 0 Å². The fourth-order valence-corrected chi connectivity index (χ4v) is 4.38. The van der Waals surface area contributed by atoms with Gasteiger partial charge in [-0.1, -0.05) is 35.9 Å². The minimum absolute atomic E-state index is 0.0327. The Morgan fingerprint density at radius 3 is 2.56 bits per heavy atom. The minimum atomic E-state index is 0.0327. The highest BCUT2D eigenvalue weighted by molar-refractivity contribution is 6.35. The molecule has 2 bridgehead atoms. The number of piperidine rings is 1. The SMILES string of the molecule is CN(C(=O)COc1ccc(Cl)c2ccccc12)C1CC2CCC(C1)N2. The summed E-state index contributed by atoms with van der Waals surface area (Å²) in [5, 5.41) is 6.18. The van der Waals surface area contributed by atoms with Crippen LogP contribution in [0.15, 0.2) is 36.4 Å². The summed E-state index contributed by atoms with van der Waals surface area (Å²) in [4.78, 5) is 14.5. The lowest BCUT2D eigenvalue weighted by molar-refractivity contribution is -0.134. The zero-order chi connectivity index (χ0) is 17.4. The molecule has 2 aliphatic rings. The van der Waals surface area contributed by atoms with Crippen molar-refractivity contribution in [3.05, 3.63) is 41.4 Å². The molecule has 2 aromatic rings. The summed E-state index contributed by atoms with van der Waals surface area (Å²) >= 11 is 6.24. The Labute approximate surface area is 153 Å². The number of likely N-dealkylation sites (N-methyl/N-ethyl adjacent to an activating group) is 1. The number of nitrogens with zero attached hydrogens (tertiary/aromatic N) is 1. The Kier molecular flexibility index (Phi) is 4.57. The number of carbonyl (C=O) groups excluding carboxylic acids is 1. The topological polar surface area (TPSA) is 41.6 Å². The van der Waals surface area contributed by atoms with Crippen LogP contribution in [-0.4, -0.2) is 42.6 Å². The number of carbonyl (C=O) groups is 1. The number of amides is 1. The maximum atomic E-state index is 12.6. The molecule has 0 aliphatic carbocycles. The van der Waals surface area contributed by atoms with Crippen molar-refractivity contribution in [3.8, 4) is 5.75 Å². The highest BCUT2D eigenvalue weighted by Crippen LogP contribution is 2.32. The van der Waals surface area contributed by atoms with Gasteiger partial charge in [0.2, 0.25) is 0 Å². The average molecular weight is 359 g/mol. The van der Waals surface area contributed by atoms with Crippen molar-refractivity contribution < 1.29 is 9.53 Å². The quantitative estimate of drug-likeness (QED) is 0.907. The standard InChI is InChI=1S/C20H23ClN2O2/c1-23(15-10-13-6-7-14(11-15)22-13)20(24)12-25-19-9-8-18(21)16-4-2-3-5-17(16)19/h2-5,8-9,13-15,22H,6-7,10-12H2,1H3. The summed E-state index contributed by atoms with van der Waals surface area (Å²) in [6.07, 6.45) is 4.55. The van der Waals surface area contributed by atoms with Gasteiger partial charge in [-0.05, 0) is 37.8 Å². The van der Waals surface area contributed by atoms with Gasteiger partial charge >= 0.3 is 0 Å². The van der Waals surface area contributed by atoms with E-state index in [0.29, 0.717) is 28.9 Å². The summed E-state index contributed by atoms with van der Waals surface area (Å²) in [5.41, 5.74) is 0. The summed E-state index contributed by atoms with van der Waals surface area (Å²) in [5.74, 6) is 0.734. The summed E-state index contributed by atoms with van der Waals surface area (Å²) in [7, 11) is 1.90. The predicted molar refractivity (Wildman–Crippen MR) is 100 cm³/mol. The van der Waals surface area contributed by atoms with Gasteiger partial charge in [-0.15, -0.1) is 0 Å². The number of halogens is 1. The second-order valence-electron chi connectivity index (χ2n) is 7.15. The van der Waals surface area contributed by atoms with Gasteiger partial charge in [-0.3, -0.25) is 4.79 Å². The van der Waals surface area contributed by atoms with Crippen LogP contribution in [0.3, 0.4) is 0 Å². The molecule has 132 valence electrons. The fraction of sp³-hybridized carbons (Fsp3) is 0.450. The lowest BCUT2D eigenvalue weighted by Gasteiger charge is -2.35. The monoisotopic (exact) mass is 358 g/mol. The van der Waals surface area contributed by atoms with Gasteiger partial charge in [0.1, 0.15) is 5.75 Å². The van der Waals surface area contributed by atoms with Crippen molar-refractivity contribution >= 4 is 28.3 Å². The smallest absolute Gasteiger partial charge is 0.260 e. The van der Waals surface area contributed by atoms with Gasteiger partial charge in [-0.25, -0.2) is 0 Å². The van der Waals surface area contributed by atoms with Crippen LogP contribution < -0.4 is 10.1 Å². The maximum Gasteiger partial charge on any atom is 0.260 e. The molecule has 2 fully saturated rings. The van der Waals surface area contributed by atoms with Crippen LogP contribution >= 0.6 is 11.6 Å². The first-order chi connectivity index (χ1) is 12.1. The molecular formula is C20H23ClN2O2. The number of nitrogens with one attached hydrogen (secondary N) is 1. The minimum Gasteiger partial charge on any atom is -0.483 e. The third-order valence-corrected chi connectivity index (χ3v) is 5.90. The van der Waals surface area contributed by atoms with Gasteiger partial charge < -0.3 is 15.0 Å². The van der Waals surface area contributed by atoms with Crippen molar-refractivity contribution in [2.24, 2.45) is 0 Å². The molecule has 1 N–H and O–H groups in total. The molecule has 0 radical (unpaired) electrons. The van der Waals surface area contributed by atoms with Crippen molar-refractivity contribution in [1.29, 1.82) is 0 Å². The Hall–Kier alpha value is -1.78. The Morgan fingerprint density at radius 1 is 1.16 bits per heavy atom. The van der Waals surface area contributed by atoms with Gasteiger partial charge in [0.15, 0.2) is 6.61 Å². The van der Waals surface area contributed by atoms with E-state index in [0.717, 1.165) is 23.6 Å². The number of fused-ring (bicyclic) bond motifs is 3. The van der Waals surface area contributed by atoms with Crippen LogP contribution in [0.2, 0.25) is 5.02 Å². The molecule has 2 unspecified atom stereocenters. The second-order valence-corrected chi connectivity index (χ2v) is 7.55. The van der Waals surface area contributed by atoms with Gasteiger partial charge in [0.05, 0.1) is 0 Å². The first kappa shape index (κ1) is 16.7. The van der Waals surface area contributed by atoms with Crippen LogP contribution in [-0.2, 0) is 4.79 Å². The highest BCUT2D eigenvalue weighted by Gasteiger charge is 2.36. The number of hydrogen-bond acceptors (Lipinski definition) is 3. The molecule has 25 heavy (non-hydrogen) atoms. The van der Waals surface area contributed by atoms with E-state index in [4.69, 9.17) is 16.3 Å². The molecule has 0 saturated carbocycles. The maximum absolute atomic E-state index is 12.6. The Morgan fingerprint density at radius 2 is 1.84 bits per heavy atom. The first-order valence-corrected chi connectivity index (χ1v) is 9.31. The third kappa shape index (κ3) is 3.33. The molecule has 5 heteroatoms. The van der Waals surface area contributed by atoms with Gasteiger partial charge in [-0.2, -0.15) is 0 Å². The van der Waals surface area contributed by atoms with E-state index in [1.165, 1.54) is 12.8 Å². The number of rotatable bonds is 4. The molecular weight excluding hydrogens is 336 g/mol. The summed E-state index contributed by atoms with van der Waals surface area (Å²) in [6, 6.07) is 12.9. The molecule has 4 nitrogen and oxygen atoms in total. The number of hydrogen-bond donors (Lipinski definition) is 1. The number of ether oxygens (including phenoxy) is 1. The van der Waals surface area contributed by atoms with E-state index in [1.807, 2.05) is 48.3 Å². The highest BCUT2D eigenvalue weighted by atomic mass is 35.5. The van der Waals surface area contributed by atoms with Crippen LogP contribution in [0.25, 0.3) is 10.8 Å². The van der Waals surface area contributed by atoms with E-state index in [9.17, 15) is 4.79 Å². The zero-order valence-electron chi connectivity index (χ0n) is 14.4. The van der Waals surface area contributed by atoms with E-state index in [2.05, 4.69) is 5.32 Å². The van der Waals surface area contributed by atoms with E-state index >= 15 is 0 Å². The molecule has 0 spiro atoms. The molecule has 2 heterocycles. The van der Waals surface area contributed by atoms with Crippen molar-refractivity contribution in [2.45, 2.75) is 43.8 Å². The fourth-order valence-electron chi connectivity index (χ4n) is 4.15. The molecule has 2 saturated heterocycles. The van der Waals surface area contributed by atoms with Crippen molar-refractivity contribution in [3.63, 3.8) is 0 Å². The van der Waals surface area contributed by atoms with Gasteiger partial charge in [0.25, 0.3) is 5.91 Å². The van der Waals surface area contributed by atoms with Crippen LogP contribution in [0.1, 0.15) is 25.7 Å². The molecule has 2 atom stereocenters.